The molecule has 2 aromatic rings. The number of aliphatic hydroxyl groups excluding tert-OH is 1. The normalized spacial score (nSPS) is 13.4. The molecular formula is C16H16N2O6. The van der Waals surface area contributed by atoms with Gasteiger partial charge in [-0.25, -0.2) is 0 Å². The third-order valence-corrected chi connectivity index (χ3v) is 3.38. The summed E-state index contributed by atoms with van der Waals surface area (Å²) >= 11 is 0. The zero-order valence-electron chi connectivity index (χ0n) is 12.9. The van der Waals surface area contributed by atoms with E-state index in [9.17, 15) is 14.7 Å². The van der Waals surface area contributed by atoms with Gasteiger partial charge in [-0.15, -0.1) is 0 Å². The summed E-state index contributed by atoms with van der Waals surface area (Å²) in [5.41, 5.74) is 0.404. The van der Waals surface area contributed by atoms with Crippen LogP contribution in [0.2, 0.25) is 0 Å². The number of furan rings is 1. The van der Waals surface area contributed by atoms with Gasteiger partial charge in [0.2, 0.25) is 6.79 Å². The number of hydrogen-bond donors (Lipinski definition) is 3. The Hall–Kier alpha value is -3.00. The first-order chi connectivity index (χ1) is 11.5. The highest BCUT2D eigenvalue weighted by atomic mass is 16.7. The van der Waals surface area contributed by atoms with Crippen LogP contribution in [0.4, 0.5) is 5.69 Å². The van der Waals surface area contributed by atoms with Crippen LogP contribution in [0.1, 0.15) is 17.6 Å². The number of aliphatic hydroxyl groups is 1. The minimum Gasteiger partial charge on any atom is -0.464 e. The Morgan fingerprint density at radius 2 is 1.96 bits per heavy atom. The zero-order valence-corrected chi connectivity index (χ0v) is 12.9. The fourth-order valence-corrected chi connectivity index (χ4v) is 2.16. The van der Waals surface area contributed by atoms with Gasteiger partial charge in [0.15, 0.2) is 11.5 Å². The molecule has 2 heterocycles. The topological polar surface area (TPSA) is 110 Å². The van der Waals surface area contributed by atoms with Crippen LogP contribution in [0.5, 0.6) is 11.5 Å². The lowest BCUT2D eigenvalue weighted by Crippen LogP contribution is -2.37. The monoisotopic (exact) mass is 332 g/mol. The van der Waals surface area contributed by atoms with E-state index in [0.29, 0.717) is 28.7 Å². The average molecular weight is 332 g/mol. The summed E-state index contributed by atoms with van der Waals surface area (Å²) in [6.07, 6.45) is -1.03. The fraction of sp³-hybridized carbons (Fsp3) is 0.250. The number of rotatable bonds is 4. The standard InChI is InChI=1S/C16H16N2O6/c1-9-2-4-12(24-9)11(19)7-17-15(20)16(21)18-10-3-5-13-14(6-10)23-8-22-13/h2-6,11,19H,7-8H2,1H3,(H,17,20)(H,18,21). The molecule has 1 aromatic carbocycles. The summed E-state index contributed by atoms with van der Waals surface area (Å²) in [6, 6.07) is 8.11. The van der Waals surface area contributed by atoms with Crippen LogP contribution in [0, 0.1) is 6.92 Å². The van der Waals surface area contributed by atoms with Crippen molar-refractivity contribution in [1.29, 1.82) is 0 Å². The number of nitrogens with one attached hydrogen (secondary N) is 2. The summed E-state index contributed by atoms with van der Waals surface area (Å²) in [5, 5.41) is 14.7. The first kappa shape index (κ1) is 15.9. The number of aryl methyl sites for hydroxylation is 1. The van der Waals surface area contributed by atoms with Gasteiger partial charge in [-0.3, -0.25) is 9.59 Å². The van der Waals surface area contributed by atoms with E-state index >= 15 is 0 Å². The zero-order chi connectivity index (χ0) is 17.1. The first-order valence-corrected chi connectivity index (χ1v) is 7.26. The molecule has 1 aliphatic rings. The molecule has 0 bridgehead atoms. The minimum atomic E-state index is -1.03. The maximum Gasteiger partial charge on any atom is 0.313 e. The molecule has 24 heavy (non-hydrogen) atoms. The van der Waals surface area contributed by atoms with E-state index in [0.717, 1.165) is 0 Å². The van der Waals surface area contributed by atoms with E-state index in [1.807, 2.05) is 0 Å². The lowest BCUT2D eigenvalue weighted by atomic mass is 10.2. The predicted octanol–water partition coefficient (Wildman–Crippen LogP) is 1.11. The Morgan fingerprint density at radius 1 is 1.17 bits per heavy atom. The molecule has 0 spiro atoms. The summed E-state index contributed by atoms with van der Waals surface area (Å²) in [6.45, 7) is 1.73. The van der Waals surface area contributed by atoms with Gasteiger partial charge in [0.05, 0.1) is 6.54 Å². The molecule has 1 aliphatic heterocycles. The van der Waals surface area contributed by atoms with Crippen molar-refractivity contribution >= 4 is 17.5 Å². The second-order valence-corrected chi connectivity index (χ2v) is 5.20. The van der Waals surface area contributed by atoms with Gasteiger partial charge in [0.25, 0.3) is 0 Å². The predicted molar refractivity (Wildman–Crippen MR) is 82.6 cm³/mol. The highest BCUT2D eigenvalue weighted by Gasteiger charge is 2.19. The second kappa shape index (κ2) is 6.63. The number of benzene rings is 1. The van der Waals surface area contributed by atoms with Crippen LogP contribution in [0.15, 0.2) is 34.7 Å². The molecule has 8 heteroatoms. The first-order valence-electron chi connectivity index (χ1n) is 7.26. The molecular weight excluding hydrogens is 316 g/mol. The Kier molecular flexibility index (Phi) is 4.39. The van der Waals surface area contributed by atoms with Crippen molar-refractivity contribution in [2.45, 2.75) is 13.0 Å². The maximum atomic E-state index is 11.9. The van der Waals surface area contributed by atoms with Crippen LogP contribution in [-0.4, -0.2) is 30.3 Å². The van der Waals surface area contributed by atoms with E-state index in [2.05, 4.69) is 10.6 Å². The van der Waals surface area contributed by atoms with Crippen molar-refractivity contribution in [2.75, 3.05) is 18.7 Å². The Labute approximate surface area is 137 Å². The Morgan fingerprint density at radius 3 is 2.71 bits per heavy atom. The van der Waals surface area contributed by atoms with E-state index in [-0.39, 0.29) is 13.3 Å². The van der Waals surface area contributed by atoms with Crippen molar-refractivity contribution in [3.8, 4) is 11.5 Å². The maximum absolute atomic E-state index is 11.9. The van der Waals surface area contributed by atoms with Gasteiger partial charge >= 0.3 is 11.8 Å². The molecule has 0 saturated heterocycles. The molecule has 0 aliphatic carbocycles. The minimum absolute atomic E-state index is 0.122. The summed E-state index contributed by atoms with van der Waals surface area (Å²) in [4.78, 5) is 23.7. The van der Waals surface area contributed by atoms with Gasteiger partial charge in [-0.05, 0) is 31.2 Å². The van der Waals surface area contributed by atoms with Crippen molar-refractivity contribution < 1.29 is 28.6 Å². The van der Waals surface area contributed by atoms with E-state index in [1.165, 1.54) is 0 Å². The van der Waals surface area contributed by atoms with Gasteiger partial charge in [-0.1, -0.05) is 0 Å². The SMILES string of the molecule is Cc1ccc(C(O)CNC(=O)C(=O)Nc2ccc3c(c2)OCO3)o1. The second-order valence-electron chi connectivity index (χ2n) is 5.20. The molecule has 0 fully saturated rings. The highest BCUT2D eigenvalue weighted by Crippen LogP contribution is 2.34. The van der Waals surface area contributed by atoms with Gasteiger partial charge in [0.1, 0.15) is 17.6 Å². The number of fused-ring (bicyclic) bond motifs is 1. The lowest BCUT2D eigenvalue weighted by Gasteiger charge is -2.10. The molecule has 3 N–H and O–H groups in total. The number of carbonyl (C=O) groups excluding carboxylic acids is 2. The number of amides is 2. The van der Waals surface area contributed by atoms with Crippen molar-refractivity contribution in [1.82, 2.24) is 5.32 Å². The molecule has 8 nitrogen and oxygen atoms in total. The van der Waals surface area contributed by atoms with Gasteiger partial charge in [0, 0.05) is 11.8 Å². The summed E-state index contributed by atoms with van der Waals surface area (Å²) < 4.78 is 15.6. The summed E-state index contributed by atoms with van der Waals surface area (Å²) in [7, 11) is 0. The third kappa shape index (κ3) is 3.49. The molecule has 1 aromatic heterocycles. The highest BCUT2D eigenvalue weighted by molar-refractivity contribution is 6.39. The van der Waals surface area contributed by atoms with Crippen molar-refractivity contribution in [3.05, 3.63) is 41.9 Å². The quantitative estimate of drug-likeness (QED) is 0.723. The molecule has 1 atom stereocenters. The Bertz CT molecular complexity index is 770. The molecule has 3 rings (SSSR count). The molecule has 1 unspecified atom stereocenters. The van der Waals surface area contributed by atoms with Crippen molar-refractivity contribution in [3.63, 3.8) is 0 Å². The van der Waals surface area contributed by atoms with E-state index in [1.54, 1.807) is 37.3 Å². The number of hydrogen-bond acceptors (Lipinski definition) is 6. The van der Waals surface area contributed by atoms with Crippen LogP contribution in [0.25, 0.3) is 0 Å². The number of anilines is 1. The van der Waals surface area contributed by atoms with Crippen LogP contribution >= 0.6 is 0 Å². The van der Waals surface area contributed by atoms with Crippen LogP contribution in [-0.2, 0) is 9.59 Å². The fourth-order valence-electron chi connectivity index (χ4n) is 2.16. The number of carbonyl (C=O) groups is 2. The van der Waals surface area contributed by atoms with Crippen molar-refractivity contribution in [2.24, 2.45) is 0 Å². The number of ether oxygens (including phenoxy) is 2. The largest absolute Gasteiger partial charge is 0.464 e. The average Bonchev–Trinajstić information content (AvgIpc) is 3.20. The lowest BCUT2D eigenvalue weighted by molar-refractivity contribution is -0.136. The third-order valence-electron chi connectivity index (χ3n) is 3.38. The molecule has 0 saturated carbocycles. The van der Waals surface area contributed by atoms with Crippen LogP contribution in [0.3, 0.4) is 0 Å². The Balaban J connectivity index is 1.52. The smallest absolute Gasteiger partial charge is 0.313 e. The van der Waals surface area contributed by atoms with Gasteiger partial charge in [-0.2, -0.15) is 0 Å². The van der Waals surface area contributed by atoms with E-state index in [4.69, 9.17) is 13.9 Å². The van der Waals surface area contributed by atoms with Crippen LogP contribution < -0.4 is 20.1 Å². The molecule has 2 amide bonds. The molecule has 126 valence electrons. The summed E-state index contributed by atoms with van der Waals surface area (Å²) in [5.74, 6) is 0.331. The van der Waals surface area contributed by atoms with Gasteiger partial charge < -0.3 is 29.6 Å². The molecule has 0 radical (unpaired) electrons. The van der Waals surface area contributed by atoms with E-state index < -0.39 is 17.9 Å².